The second-order valence-electron chi connectivity index (χ2n) is 4.29. The van der Waals surface area contributed by atoms with Gasteiger partial charge in [0.25, 0.3) is 0 Å². The summed E-state index contributed by atoms with van der Waals surface area (Å²) in [6.45, 7) is 8.59. The first-order valence-corrected chi connectivity index (χ1v) is 5.41. The predicted octanol–water partition coefficient (Wildman–Crippen LogP) is 4.17. The summed E-state index contributed by atoms with van der Waals surface area (Å²) in [5.74, 6) is 1.84. The lowest BCUT2D eigenvalue weighted by molar-refractivity contribution is 0.220. The molecular formula is C12H22. The maximum atomic E-state index is 4.11. The third-order valence-corrected chi connectivity index (χ3v) is 3.22. The third-order valence-electron chi connectivity index (χ3n) is 3.22. The van der Waals surface area contributed by atoms with Crippen LogP contribution in [0.4, 0.5) is 0 Å². The molecule has 0 bridgehead atoms. The average Bonchev–Trinajstić information content (AvgIpc) is 1.93. The summed E-state index contributed by atoms with van der Waals surface area (Å²) >= 11 is 0. The number of allylic oxidation sites excluding steroid dienone is 1. The lowest BCUT2D eigenvalue weighted by Crippen LogP contribution is -2.22. The molecule has 0 heterocycles. The Bertz CT molecular complexity index is 142. The molecule has 0 nitrogen and oxygen atoms in total. The Morgan fingerprint density at radius 1 is 1.50 bits per heavy atom. The van der Waals surface area contributed by atoms with E-state index in [0.29, 0.717) is 0 Å². The molecular weight excluding hydrogens is 144 g/mol. The standard InChI is InChI=1S/C12H22/c1-4-5-9-12(10(2)3)11-7-6-8-11/h11-12H,2,4-9H2,1,3H3. The van der Waals surface area contributed by atoms with E-state index in [2.05, 4.69) is 20.4 Å². The predicted molar refractivity (Wildman–Crippen MR) is 55.2 cm³/mol. The number of hydrogen-bond acceptors (Lipinski definition) is 0. The minimum absolute atomic E-state index is 0.846. The Balaban J connectivity index is 2.32. The van der Waals surface area contributed by atoms with Gasteiger partial charge in [0, 0.05) is 0 Å². The zero-order valence-corrected chi connectivity index (χ0v) is 8.60. The van der Waals surface area contributed by atoms with Crippen molar-refractivity contribution >= 4 is 0 Å². The van der Waals surface area contributed by atoms with Gasteiger partial charge in [-0.05, 0) is 38.0 Å². The van der Waals surface area contributed by atoms with E-state index in [1.165, 1.54) is 44.1 Å². The molecule has 1 rings (SSSR count). The topological polar surface area (TPSA) is 0 Å². The van der Waals surface area contributed by atoms with Gasteiger partial charge >= 0.3 is 0 Å². The van der Waals surface area contributed by atoms with Crippen molar-refractivity contribution in [1.29, 1.82) is 0 Å². The van der Waals surface area contributed by atoms with Crippen LogP contribution in [0.5, 0.6) is 0 Å². The minimum Gasteiger partial charge on any atom is -0.0999 e. The molecule has 0 spiro atoms. The fraction of sp³-hybridized carbons (Fsp3) is 0.833. The van der Waals surface area contributed by atoms with E-state index in [0.717, 1.165) is 11.8 Å². The van der Waals surface area contributed by atoms with Crippen LogP contribution < -0.4 is 0 Å². The fourth-order valence-electron chi connectivity index (χ4n) is 2.15. The molecule has 0 aromatic heterocycles. The molecule has 0 radical (unpaired) electrons. The summed E-state index contributed by atoms with van der Waals surface area (Å²) in [4.78, 5) is 0. The summed E-state index contributed by atoms with van der Waals surface area (Å²) in [6, 6.07) is 0. The van der Waals surface area contributed by atoms with Crippen LogP contribution in [-0.2, 0) is 0 Å². The second-order valence-corrected chi connectivity index (χ2v) is 4.29. The molecule has 1 aliphatic carbocycles. The van der Waals surface area contributed by atoms with Gasteiger partial charge in [0.05, 0.1) is 0 Å². The SMILES string of the molecule is C=C(C)C(CCCC)C1CCC1. The summed E-state index contributed by atoms with van der Waals surface area (Å²) in [5, 5.41) is 0. The number of unbranched alkanes of at least 4 members (excludes halogenated alkanes) is 1. The molecule has 1 saturated carbocycles. The molecule has 1 atom stereocenters. The Kier molecular flexibility index (Phi) is 3.84. The van der Waals surface area contributed by atoms with Gasteiger partial charge in [0.2, 0.25) is 0 Å². The Labute approximate surface area is 77.1 Å². The zero-order chi connectivity index (χ0) is 8.97. The van der Waals surface area contributed by atoms with Crippen molar-refractivity contribution in [3.63, 3.8) is 0 Å². The Hall–Kier alpha value is -0.260. The molecule has 0 aromatic rings. The van der Waals surface area contributed by atoms with Crippen LogP contribution in [0.1, 0.15) is 52.4 Å². The lowest BCUT2D eigenvalue weighted by Gasteiger charge is -2.34. The summed E-state index contributed by atoms with van der Waals surface area (Å²) < 4.78 is 0. The van der Waals surface area contributed by atoms with Gasteiger partial charge in [0.15, 0.2) is 0 Å². The van der Waals surface area contributed by atoms with Crippen LogP contribution in [-0.4, -0.2) is 0 Å². The molecule has 70 valence electrons. The monoisotopic (exact) mass is 166 g/mol. The first-order chi connectivity index (χ1) is 5.75. The van der Waals surface area contributed by atoms with E-state index in [4.69, 9.17) is 0 Å². The van der Waals surface area contributed by atoms with Gasteiger partial charge in [-0.25, -0.2) is 0 Å². The molecule has 0 saturated heterocycles. The number of rotatable bonds is 5. The molecule has 1 fully saturated rings. The molecule has 12 heavy (non-hydrogen) atoms. The highest BCUT2D eigenvalue weighted by Gasteiger charge is 2.26. The van der Waals surface area contributed by atoms with E-state index >= 15 is 0 Å². The van der Waals surface area contributed by atoms with Gasteiger partial charge in [-0.1, -0.05) is 38.3 Å². The fourth-order valence-corrected chi connectivity index (χ4v) is 2.15. The van der Waals surface area contributed by atoms with Crippen molar-refractivity contribution in [2.45, 2.75) is 52.4 Å². The first-order valence-electron chi connectivity index (χ1n) is 5.41. The normalized spacial score (nSPS) is 20.2. The van der Waals surface area contributed by atoms with Gasteiger partial charge in [-0.3, -0.25) is 0 Å². The molecule has 0 amide bonds. The quantitative estimate of drug-likeness (QED) is 0.538. The number of hydrogen-bond donors (Lipinski definition) is 0. The molecule has 0 heteroatoms. The maximum absolute atomic E-state index is 4.11. The summed E-state index contributed by atoms with van der Waals surface area (Å²) in [6.07, 6.45) is 8.48. The van der Waals surface area contributed by atoms with Gasteiger partial charge in [-0.2, -0.15) is 0 Å². The highest BCUT2D eigenvalue weighted by Crippen LogP contribution is 2.39. The van der Waals surface area contributed by atoms with E-state index < -0.39 is 0 Å². The molecule has 1 unspecified atom stereocenters. The van der Waals surface area contributed by atoms with E-state index in [1.807, 2.05) is 0 Å². The van der Waals surface area contributed by atoms with Crippen LogP contribution in [0, 0.1) is 11.8 Å². The summed E-state index contributed by atoms with van der Waals surface area (Å²) in [5.41, 5.74) is 1.42. The third kappa shape index (κ3) is 2.36. The van der Waals surface area contributed by atoms with Crippen LogP contribution >= 0.6 is 0 Å². The van der Waals surface area contributed by atoms with Crippen LogP contribution in [0.25, 0.3) is 0 Å². The largest absolute Gasteiger partial charge is 0.0999 e. The lowest BCUT2D eigenvalue weighted by atomic mass is 9.71. The summed E-state index contributed by atoms with van der Waals surface area (Å²) in [7, 11) is 0. The van der Waals surface area contributed by atoms with Crippen LogP contribution in [0.3, 0.4) is 0 Å². The second kappa shape index (κ2) is 4.69. The van der Waals surface area contributed by atoms with E-state index in [9.17, 15) is 0 Å². The van der Waals surface area contributed by atoms with Crippen molar-refractivity contribution in [1.82, 2.24) is 0 Å². The van der Waals surface area contributed by atoms with E-state index in [1.54, 1.807) is 0 Å². The van der Waals surface area contributed by atoms with E-state index in [-0.39, 0.29) is 0 Å². The Morgan fingerprint density at radius 3 is 2.50 bits per heavy atom. The van der Waals surface area contributed by atoms with Crippen LogP contribution in [0.15, 0.2) is 12.2 Å². The van der Waals surface area contributed by atoms with Gasteiger partial charge < -0.3 is 0 Å². The van der Waals surface area contributed by atoms with Gasteiger partial charge in [0.1, 0.15) is 0 Å². The Morgan fingerprint density at radius 2 is 2.17 bits per heavy atom. The molecule has 0 N–H and O–H groups in total. The van der Waals surface area contributed by atoms with Crippen molar-refractivity contribution in [3.05, 3.63) is 12.2 Å². The zero-order valence-electron chi connectivity index (χ0n) is 8.60. The maximum Gasteiger partial charge on any atom is -0.0180 e. The minimum atomic E-state index is 0.846. The average molecular weight is 166 g/mol. The van der Waals surface area contributed by atoms with Gasteiger partial charge in [-0.15, -0.1) is 0 Å². The first kappa shape index (κ1) is 9.83. The smallest absolute Gasteiger partial charge is 0.0180 e. The molecule has 1 aliphatic rings. The van der Waals surface area contributed by atoms with Crippen molar-refractivity contribution < 1.29 is 0 Å². The van der Waals surface area contributed by atoms with Crippen molar-refractivity contribution in [2.24, 2.45) is 11.8 Å². The highest BCUT2D eigenvalue weighted by molar-refractivity contribution is 5.00. The van der Waals surface area contributed by atoms with Crippen LogP contribution in [0.2, 0.25) is 0 Å². The molecule has 0 aliphatic heterocycles. The van der Waals surface area contributed by atoms with Crippen molar-refractivity contribution in [2.75, 3.05) is 0 Å². The molecule has 0 aromatic carbocycles. The van der Waals surface area contributed by atoms with Crippen molar-refractivity contribution in [3.8, 4) is 0 Å². The highest BCUT2D eigenvalue weighted by atomic mass is 14.3.